The van der Waals surface area contributed by atoms with Gasteiger partial charge in [-0.15, -0.1) is 0 Å². The summed E-state index contributed by atoms with van der Waals surface area (Å²) >= 11 is 1.30. The number of rotatable bonds is 8. The monoisotopic (exact) mass is 579 g/mol. The molecule has 1 aromatic carbocycles. The largest absolute Gasteiger partial charge is 0.338 e. The van der Waals surface area contributed by atoms with Crippen LogP contribution in [0.25, 0.3) is 28.0 Å². The summed E-state index contributed by atoms with van der Waals surface area (Å²) in [4.78, 5) is 23.7. The van der Waals surface area contributed by atoms with Crippen LogP contribution in [0.2, 0.25) is 0 Å². The molecule has 1 saturated heterocycles. The van der Waals surface area contributed by atoms with Gasteiger partial charge in [0, 0.05) is 67.5 Å². The standard InChI is InChI=1S/C31H30FN9S/c1-3-25-29(39(2)31-38-28(26(13-33)42-31)19-7-10-22(32)11-8-19)41-16-20(9-12-27(41)37-25)21-14-34-30(35-15-21)40-17-24(18-40)36-23-5-4-6-23/h7-12,14-16,23-24,36H,3-6,17-18H2,1-2H3. The van der Waals surface area contributed by atoms with E-state index in [0.717, 1.165) is 53.7 Å². The van der Waals surface area contributed by atoms with E-state index in [4.69, 9.17) is 9.97 Å². The Kier molecular flexibility index (Phi) is 6.80. The van der Waals surface area contributed by atoms with Gasteiger partial charge in [0.1, 0.15) is 33.9 Å². The van der Waals surface area contributed by atoms with Crippen molar-refractivity contribution < 1.29 is 4.39 Å². The van der Waals surface area contributed by atoms with Crippen molar-refractivity contribution in [3.8, 4) is 28.5 Å². The number of halogens is 1. The maximum atomic E-state index is 13.5. The Bertz CT molecular complexity index is 1780. The van der Waals surface area contributed by atoms with Crippen molar-refractivity contribution in [2.75, 3.05) is 29.9 Å². The maximum Gasteiger partial charge on any atom is 0.225 e. The van der Waals surface area contributed by atoms with Gasteiger partial charge in [0.05, 0.1) is 5.69 Å². The lowest BCUT2D eigenvalue weighted by Crippen LogP contribution is -2.61. The van der Waals surface area contributed by atoms with E-state index in [9.17, 15) is 9.65 Å². The molecule has 4 aromatic heterocycles. The molecule has 1 N–H and O–H groups in total. The molecule has 11 heteroatoms. The normalized spacial score (nSPS) is 15.4. The molecule has 0 spiro atoms. The first-order valence-electron chi connectivity index (χ1n) is 14.3. The summed E-state index contributed by atoms with van der Waals surface area (Å²) in [5.41, 5.74) is 4.87. The second kappa shape index (κ2) is 10.8. The minimum absolute atomic E-state index is 0.329. The molecule has 0 atom stereocenters. The van der Waals surface area contributed by atoms with E-state index in [0.29, 0.717) is 33.3 Å². The first-order valence-corrected chi connectivity index (χ1v) is 15.1. The van der Waals surface area contributed by atoms with E-state index < -0.39 is 0 Å². The lowest BCUT2D eigenvalue weighted by molar-refractivity contribution is 0.277. The van der Waals surface area contributed by atoms with Crippen LogP contribution in [-0.4, -0.2) is 56.6 Å². The second-order valence-corrected chi connectivity index (χ2v) is 11.9. The summed E-state index contributed by atoms with van der Waals surface area (Å²) in [5, 5.41) is 14.2. The van der Waals surface area contributed by atoms with Gasteiger partial charge in [-0.2, -0.15) is 5.26 Å². The average molecular weight is 580 g/mol. The second-order valence-electron chi connectivity index (χ2n) is 10.9. The van der Waals surface area contributed by atoms with E-state index in [1.807, 2.05) is 42.7 Å². The van der Waals surface area contributed by atoms with Crippen LogP contribution in [0.3, 0.4) is 0 Å². The number of hydrogen-bond donors (Lipinski definition) is 1. The van der Waals surface area contributed by atoms with Crippen LogP contribution in [0.4, 0.5) is 21.3 Å². The number of hydrogen-bond acceptors (Lipinski definition) is 9. The highest BCUT2D eigenvalue weighted by Gasteiger charge is 2.31. The Morgan fingerprint density at radius 3 is 2.43 bits per heavy atom. The van der Waals surface area contributed by atoms with Gasteiger partial charge in [-0.25, -0.2) is 24.3 Å². The summed E-state index contributed by atoms with van der Waals surface area (Å²) in [6, 6.07) is 13.6. The quantitative estimate of drug-likeness (QED) is 0.254. The average Bonchev–Trinajstić information content (AvgIpc) is 3.57. The topological polar surface area (TPSA) is 98.3 Å². The third-order valence-corrected chi connectivity index (χ3v) is 9.19. The van der Waals surface area contributed by atoms with Crippen molar-refractivity contribution in [3.63, 3.8) is 0 Å². The van der Waals surface area contributed by atoms with E-state index in [1.165, 1.54) is 42.7 Å². The van der Waals surface area contributed by atoms with Crippen LogP contribution in [-0.2, 0) is 6.42 Å². The molecule has 0 amide bonds. The minimum Gasteiger partial charge on any atom is -0.338 e. The van der Waals surface area contributed by atoms with E-state index in [2.05, 4.69) is 37.6 Å². The van der Waals surface area contributed by atoms with Crippen molar-refractivity contribution in [2.45, 2.75) is 44.7 Å². The molecule has 42 heavy (non-hydrogen) atoms. The number of fused-ring (bicyclic) bond motifs is 1. The van der Waals surface area contributed by atoms with Crippen molar-refractivity contribution in [2.24, 2.45) is 0 Å². The predicted octanol–water partition coefficient (Wildman–Crippen LogP) is 5.59. The van der Waals surface area contributed by atoms with Crippen LogP contribution < -0.4 is 15.1 Å². The highest BCUT2D eigenvalue weighted by molar-refractivity contribution is 7.16. The van der Waals surface area contributed by atoms with Gasteiger partial charge < -0.3 is 15.1 Å². The van der Waals surface area contributed by atoms with Crippen molar-refractivity contribution in [1.82, 2.24) is 29.7 Å². The fourth-order valence-electron chi connectivity index (χ4n) is 5.56. The molecule has 0 unspecified atom stereocenters. The summed E-state index contributed by atoms with van der Waals surface area (Å²) in [7, 11) is 1.93. The molecular formula is C31H30FN9S. The molecule has 0 bridgehead atoms. The zero-order valence-electron chi connectivity index (χ0n) is 23.5. The van der Waals surface area contributed by atoms with Gasteiger partial charge in [-0.3, -0.25) is 4.40 Å². The lowest BCUT2D eigenvalue weighted by atomic mass is 9.91. The first-order chi connectivity index (χ1) is 20.5. The molecular weight excluding hydrogens is 549 g/mol. The molecule has 2 aliphatic rings. The minimum atomic E-state index is -0.329. The zero-order chi connectivity index (χ0) is 28.8. The fraction of sp³-hybridized carbons (Fsp3) is 0.323. The van der Waals surface area contributed by atoms with E-state index in [-0.39, 0.29) is 5.82 Å². The summed E-state index contributed by atoms with van der Waals surface area (Å²) in [5.74, 6) is 1.31. The third kappa shape index (κ3) is 4.76. The van der Waals surface area contributed by atoms with Crippen LogP contribution in [0.1, 0.15) is 36.8 Å². The number of nitriles is 1. The SMILES string of the molecule is CCc1nc2ccc(-c3cnc(N4CC(NC5CCC5)C4)nc3)cn2c1N(C)c1nc(-c2ccc(F)cc2)c(C#N)s1. The molecule has 9 nitrogen and oxygen atoms in total. The van der Waals surface area contributed by atoms with Gasteiger partial charge in [-0.05, 0) is 55.7 Å². The van der Waals surface area contributed by atoms with Gasteiger partial charge in [0.15, 0.2) is 5.13 Å². The highest BCUT2D eigenvalue weighted by Crippen LogP contribution is 2.37. The first kappa shape index (κ1) is 26.5. The molecule has 212 valence electrons. The van der Waals surface area contributed by atoms with Gasteiger partial charge in [-0.1, -0.05) is 24.7 Å². The van der Waals surface area contributed by atoms with Gasteiger partial charge in [0.2, 0.25) is 5.95 Å². The molecule has 7 rings (SSSR count). The highest BCUT2D eigenvalue weighted by atomic mass is 32.1. The number of nitrogens with one attached hydrogen (secondary N) is 1. The molecule has 1 aliphatic heterocycles. The maximum absolute atomic E-state index is 13.5. The summed E-state index contributed by atoms with van der Waals surface area (Å²) in [6.45, 7) is 3.96. The number of imidazole rings is 1. The molecule has 5 aromatic rings. The summed E-state index contributed by atoms with van der Waals surface area (Å²) < 4.78 is 15.6. The number of aromatic nitrogens is 5. The van der Waals surface area contributed by atoms with Crippen molar-refractivity contribution in [3.05, 3.63) is 71.4 Å². The number of aryl methyl sites for hydroxylation is 1. The van der Waals surface area contributed by atoms with Crippen LogP contribution >= 0.6 is 11.3 Å². The Hall–Kier alpha value is -4.40. The number of anilines is 3. The Balaban J connectivity index is 1.16. The Labute approximate surface area is 247 Å². The molecule has 5 heterocycles. The third-order valence-electron chi connectivity index (χ3n) is 8.15. The lowest BCUT2D eigenvalue weighted by Gasteiger charge is -2.43. The van der Waals surface area contributed by atoms with Crippen LogP contribution in [0, 0.1) is 17.1 Å². The summed E-state index contributed by atoms with van der Waals surface area (Å²) in [6.07, 6.45) is 10.5. The molecule has 2 fully saturated rings. The van der Waals surface area contributed by atoms with Gasteiger partial charge in [0.25, 0.3) is 0 Å². The molecule has 1 saturated carbocycles. The van der Waals surface area contributed by atoms with E-state index in [1.54, 1.807) is 12.1 Å². The number of benzene rings is 1. The van der Waals surface area contributed by atoms with Crippen LogP contribution in [0.5, 0.6) is 0 Å². The van der Waals surface area contributed by atoms with Crippen molar-refractivity contribution in [1.29, 1.82) is 5.26 Å². The number of pyridine rings is 1. The smallest absolute Gasteiger partial charge is 0.225 e. The molecule has 0 radical (unpaired) electrons. The van der Waals surface area contributed by atoms with Gasteiger partial charge >= 0.3 is 0 Å². The fourth-order valence-corrected chi connectivity index (χ4v) is 6.40. The van der Waals surface area contributed by atoms with Crippen molar-refractivity contribution >= 4 is 33.9 Å². The number of nitrogens with zero attached hydrogens (tertiary/aromatic N) is 8. The number of thiazole rings is 1. The molecule has 1 aliphatic carbocycles. The zero-order valence-corrected chi connectivity index (χ0v) is 24.3. The van der Waals surface area contributed by atoms with Crippen LogP contribution in [0.15, 0.2) is 55.0 Å². The Morgan fingerprint density at radius 2 is 1.76 bits per heavy atom. The predicted molar refractivity (Wildman–Crippen MR) is 163 cm³/mol. The Morgan fingerprint density at radius 1 is 1.02 bits per heavy atom. The van der Waals surface area contributed by atoms with E-state index >= 15 is 0 Å².